The van der Waals surface area contributed by atoms with E-state index in [1.165, 1.54) is 25.8 Å². The lowest BCUT2D eigenvalue weighted by Gasteiger charge is -2.32. The van der Waals surface area contributed by atoms with Crippen molar-refractivity contribution in [1.29, 1.82) is 0 Å². The summed E-state index contributed by atoms with van der Waals surface area (Å²) in [5.41, 5.74) is 1.52. The highest BCUT2D eigenvalue weighted by Gasteiger charge is 2.23. The zero-order chi connectivity index (χ0) is 22.1. The van der Waals surface area contributed by atoms with Gasteiger partial charge in [0.2, 0.25) is 0 Å². The molecule has 1 heterocycles. The summed E-state index contributed by atoms with van der Waals surface area (Å²) in [6.45, 7) is 2.78. The number of ether oxygens (including phenoxy) is 5. The van der Waals surface area contributed by atoms with E-state index in [9.17, 15) is 9.59 Å². The Balaban J connectivity index is 1.54. The van der Waals surface area contributed by atoms with Crippen LogP contribution in [-0.4, -0.2) is 70.1 Å². The average molecular weight is 429 g/mol. The molecule has 3 rings (SSSR count). The Morgan fingerprint density at radius 1 is 1.10 bits per heavy atom. The maximum Gasteiger partial charge on any atom is 0.343 e. The first-order valence-electron chi connectivity index (χ1n) is 10.0. The van der Waals surface area contributed by atoms with Crippen molar-refractivity contribution in [3.05, 3.63) is 59.7 Å². The second-order valence-corrected chi connectivity index (χ2v) is 7.04. The van der Waals surface area contributed by atoms with E-state index in [1.54, 1.807) is 12.1 Å². The van der Waals surface area contributed by atoms with E-state index in [1.807, 2.05) is 18.2 Å². The van der Waals surface area contributed by atoms with Crippen LogP contribution < -0.4 is 9.47 Å². The first-order chi connectivity index (χ1) is 15.1. The molecule has 1 fully saturated rings. The minimum Gasteiger partial charge on any atom is -0.493 e. The van der Waals surface area contributed by atoms with Gasteiger partial charge in [-0.2, -0.15) is 0 Å². The molecule has 1 atom stereocenters. The highest BCUT2D eigenvalue weighted by atomic mass is 16.6. The number of morpholine rings is 1. The number of hydrogen-bond donors (Lipinski definition) is 0. The van der Waals surface area contributed by atoms with Crippen molar-refractivity contribution in [2.24, 2.45) is 0 Å². The average Bonchev–Trinajstić information content (AvgIpc) is 2.81. The number of methoxy groups -OCH3 is 2. The van der Waals surface area contributed by atoms with Crippen molar-refractivity contribution in [3.63, 3.8) is 0 Å². The predicted octanol–water partition coefficient (Wildman–Crippen LogP) is 2.30. The Kier molecular flexibility index (Phi) is 8.26. The molecule has 1 aliphatic heterocycles. The Bertz CT molecular complexity index is 871. The van der Waals surface area contributed by atoms with Crippen LogP contribution in [0.3, 0.4) is 0 Å². The fourth-order valence-corrected chi connectivity index (χ4v) is 3.23. The molecule has 0 aromatic heterocycles. The molecule has 0 spiro atoms. The van der Waals surface area contributed by atoms with E-state index >= 15 is 0 Å². The number of esters is 2. The van der Waals surface area contributed by atoms with Gasteiger partial charge in [-0.1, -0.05) is 30.3 Å². The van der Waals surface area contributed by atoms with Gasteiger partial charge in [0.05, 0.1) is 26.4 Å². The quantitative estimate of drug-likeness (QED) is 0.562. The van der Waals surface area contributed by atoms with Crippen molar-refractivity contribution in [3.8, 4) is 11.5 Å². The highest BCUT2D eigenvalue weighted by Crippen LogP contribution is 2.28. The molecule has 1 unspecified atom stereocenters. The third kappa shape index (κ3) is 6.70. The second kappa shape index (κ2) is 11.3. The summed E-state index contributed by atoms with van der Waals surface area (Å²) in [6.07, 6.45) is -0.199. The van der Waals surface area contributed by atoms with Gasteiger partial charge in [-0.15, -0.1) is 0 Å². The number of benzene rings is 2. The van der Waals surface area contributed by atoms with Crippen LogP contribution in [-0.2, 0) is 25.5 Å². The van der Waals surface area contributed by atoms with Gasteiger partial charge in [0.25, 0.3) is 0 Å². The van der Waals surface area contributed by atoms with E-state index in [0.29, 0.717) is 18.9 Å². The van der Waals surface area contributed by atoms with Gasteiger partial charge in [0, 0.05) is 19.6 Å². The molecule has 2 aromatic carbocycles. The number of nitrogens with zero attached hydrogens (tertiary/aromatic N) is 1. The van der Waals surface area contributed by atoms with Crippen LogP contribution in [0.25, 0.3) is 0 Å². The maximum absolute atomic E-state index is 12.5. The van der Waals surface area contributed by atoms with Crippen molar-refractivity contribution < 1.29 is 33.3 Å². The van der Waals surface area contributed by atoms with Gasteiger partial charge in [0.15, 0.2) is 18.1 Å². The van der Waals surface area contributed by atoms with Crippen LogP contribution in [0.2, 0.25) is 0 Å². The maximum atomic E-state index is 12.5. The lowest BCUT2D eigenvalue weighted by Crippen LogP contribution is -2.44. The SMILES string of the molecule is COC(=O)COc1cc(C(=O)OCC2CN(Cc3ccccc3)CCO2)ccc1OC. The van der Waals surface area contributed by atoms with Gasteiger partial charge in [-0.25, -0.2) is 9.59 Å². The zero-order valence-electron chi connectivity index (χ0n) is 17.7. The smallest absolute Gasteiger partial charge is 0.343 e. The molecule has 2 aromatic rings. The van der Waals surface area contributed by atoms with E-state index < -0.39 is 11.9 Å². The first kappa shape index (κ1) is 22.6. The monoisotopic (exact) mass is 429 g/mol. The summed E-state index contributed by atoms with van der Waals surface area (Å²) in [5, 5.41) is 0. The molecular formula is C23H27NO7. The zero-order valence-corrected chi connectivity index (χ0v) is 17.7. The summed E-state index contributed by atoms with van der Waals surface area (Å²) in [4.78, 5) is 26.1. The molecule has 0 bridgehead atoms. The van der Waals surface area contributed by atoms with Gasteiger partial charge in [0.1, 0.15) is 12.7 Å². The lowest BCUT2D eigenvalue weighted by atomic mass is 10.2. The molecule has 31 heavy (non-hydrogen) atoms. The van der Waals surface area contributed by atoms with Crippen molar-refractivity contribution in [1.82, 2.24) is 4.90 Å². The lowest BCUT2D eigenvalue weighted by molar-refractivity contribution is -0.142. The van der Waals surface area contributed by atoms with Crippen LogP contribution in [0.4, 0.5) is 0 Å². The number of carbonyl (C=O) groups excluding carboxylic acids is 2. The molecule has 8 heteroatoms. The highest BCUT2D eigenvalue weighted by molar-refractivity contribution is 5.90. The predicted molar refractivity (Wildman–Crippen MR) is 112 cm³/mol. The standard InChI is InChI=1S/C23H27NO7/c1-27-20-9-8-18(12-21(20)30-16-22(25)28-2)23(26)31-15-19-14-24(10-11-29-19)13-17-6-4-3-5-7-17/h3-9,12,19H,10-11,13-16H2,1-2H3. The van der Waals surface area contributed by atoms with Gasteiger partial charge >= 0.3 is 11.9 Å². The van der Waals surface area contributed by atoms with Gasteiger partial charge < -0.3 is 23.7 Å². The van der Waals surface area contributed by atoms with Crippen molar-refractivity contribution in [2.45, 2.75) is 12.6 Å². The molecule has 0 radical (unpaired) electrons. The molecule has 0 amide bonds. The third-order valence-electron chi connectivity index (χ3n) is 4.84. The summed E-state index contributed by atoms with van der Waals surface area (Å²) in [6, 6.07) is 14.9. The molecule has 166 valence electrons. The minimum atomic E-state index is -0.537. The summed E-state index contributed by atoms with van der Waals surface area (Å²) >= 11 is 0. The minimum absolute atomic E-state index is 0.147. The van der Waals surface area contributed by atoms with E-state index in [4.69, 9.17) is 18.9 Å². The summed E-state index contributed by atoms with van der Waals surface area (Å²) < 4.78 is 26.4. The molecule has 1 aliphatic rings. The number of rotatable bonds is 9. The number of hydrogen-bond acceptors (Lipinski definition) is 8. The first-order valence-corrected chi connectivity index (χ1v) is 10.0. The summed E-state index contributed by atoms with van der Waals surface area (Å²) in [5.74, 6) is -0.392. The van der Waals surface area contributed by atoms with Crippen molar-refractivity contribution >= 4 is 11.9 Å². The third-order valence-corrected chi connectivity index (χ3v) is 4.84. The molecular weight excluding hydrogens is 402 g/mol. The van der Waals surface area contributed by atoms with E-state index in [2.05, 4.69) is 21.8 Å². The summed E-state index contributed by atoms with van der Waals surface area (Å²) in [7, 11) is 2.74. The van der Waals surface area contributed by atoms with E-state index in [-0.39, 0.29) is 30.6 Å². The molecule has 1 saturated heterocycles. The normalized spacial score (nSPS) is 16.4. The van der Waals surface area contributed by atoms with Crippen LogP contribution in [0.5, 0.6) is 11.5 Å². The molecule has 0 N–H and O–H groups in total. The van der Waals surface area contributed by atoms with E-state index in [0.717, 1.165) is 13.1 Å². The fourth-order valence-electron chi connectivity index (χ4n) is 3.23. The number of carbonyl (C=O) groups is 2. The molecule has 8 nitrogen and oxygen atoms in total. The topological polar surface area (TPSA) is 83.5 Å². The Labute approximate surface area is 181 Å². The van der Waals surface area contributed by atoms with Crippen molar-refractivity contribution in [2.75, 3.05) is 47.1 Å². The second-order valence-electron chi connectivity index (χ2n) is 7.04. The van der Waals surface area contributed by atoms with Gasteiger partial charge in [-0.05, 0) is 23.8 Å². The largest absolute Gasteiger partial charge is 0.493 e. The van der Waals surface area contributed by atoms with Gasteiger partial charge in [-0.3, -0.25) is 4.90 Å². The molecule has 0 aliphatic carbocycles. The van der Waals surface area contributed by atoms with Crippen LogP contribution in [0.15, 0.2) is 48.5 Å². The van der Waals surface area contributed by atoms with Crippen LogP contribution in [0, 0.1) is 0 Å². The van der Waals surface area contributed by atoms with Crippen LogP contribution >= 0.6 is 0 Å². The Hall–Kier alpha value is -3.10. The Morgan fingerprint density at radius 2 is 1.90 bits per heavy atom. The Morgan fingerprint density at radius 3 is 2.65 bits per heavy atom. The fraction of sp³-hybridized carbons (Fsp3) is 0.391. The molecule has 0 saturated carbocycles. The van der Waals surface area contributed by atoms with Crippen LogP contribution in [0.1, 0.15) is 15.9 Å².